The number of anilines is 2. The number of hydrogen-bond donors (Lipinski definition) is 0. The number of carbonyl (C=O) groups is 4. The van der Waals surface area contributed by atoms with Gasteiger partial charge in [0.05, 0.1) is 22.7 Å². The molecule has 4 amide bonds. The van der Waals surface area contributed by atoms with Gasteiger partial charge >= 0.3 is 6.09 Å². The van der Waals surface area contributed by atoms with Gasteiger partial charge in [-0.25, -0.2) is 9.69 Å². The molecule has 0 bridgehead atoms. The third-order valence-electron chi connectivity index (χ3n) is 6.87. The second-order valence-electron chi connectivity index (χ2n) is 10.4. The van der Waals surface area contributed by atoms with Gasteiger partial charge in [0.25, 0.3) is 0 Å². The molecule has 2 heterocycles. The van der Waals surface area contributed by atoms with Crippen molar-refractivity contribution < 1.29 is 23.9 Å². The zero-order valence-electron chi connectivity index (χ0n) is 21.0. The van der Waals surface area contributed by atoms with E-state index in [1.807, 2.05) is 30.3 Å². The largest absolute Gasteiger partial charge is 0.443 e. The van der Waals surface area contributed by atoms with Gasteiger partial charge in [-0.05, 0) is 56.5 Å². The Labute approximate surface area is 215 Å². The average Bonchev–Trinajstić information content (AvgIpc) is 3.30. The fraction of sp³-hybridized carbons (Fsp3) is 0.267. The summed E-state index contributed by atoms with van der Waals surface area (Å²) in [6.45, 7) is 5.18. The van der Waals surface area contributed by atoms with Gasteiger partial charge in [0.1, 0.15) is 5.60 Å². The van der Waals surface area contributed by atoms with Crippen LogP contribution in [0.15, 0.2) is 84.9 Å². The highest BCUT2D eigenvalue weighted by Crippen LogP contribution is 2.52. The van der Waals surface area contributed by atoms with E-state index in [2.05, 4.69) is 0 Å². The summed E-state index contributed by atoms with van der Waals surface area (Å²) in [6.07, 6.45) is -0.811. The van der Waals surface area contributed by atoms with Crippen molar-refractivity contribution in [3.63, 3.8) is 0 Å². The van der Waals surface area contributed by atoms with Crippen LogP contribution in [-0.2, 0) is 31.0 Å². The second-order valence-corrected chi connectivity index (χ2v) is 10.4. The van der Waals surface area contributed by atoms with Crippen molar-refractivity contribution in [2.45, 2.75) is 44.6 Å². The van der Waals surface area contributed by atoms with Crippen molar-refractivity contribution >= 4 is 35.2 Å². The van der Waals surface area contributed by atoms with Gasteiger partial charge in [0, 0.05) is 6.42 Å². The molecule has 5 rings (SSSR count). The first kappa shape index (κ1) is 24.4. The van der Waals surface area contributed by atoms with Crippen molar-refractivity contribution in [2.75, 3.05) is 9.80 Å². The van der Waals surface area contributed by atoms with E-state index in [0.717, 1.165) is 15.4 Å². The normalized spacial score (nSPS) is 21.4. The summed E-state index contributed by atoms with van der Waals surface area (Å²) >= 11 is 0. The van der Waals surface area contributed by atoms with Crippen LogP contribution in [0, 0.1) is 5.92 Å². The molecule has 0 aromatic heterocycles. The molecular weight excluding hydrogens is 468 g/mol. The number of nitrogens with zero attached hydrogens (tertiary/aromatic N) is 2. The molecule has 2 aliphatic rings. The van der Waals surface area contributed by atoms with Crippen LogP contribution in [0.25, 0.3) is 0 Å². The van der Waals surface area contributed by atoms with Gasteiger partial charge in [-0.15, -0.1) is 0 Å². The lowest BCUT2D eigenvalue weighted by molar-refractivity contribution is -0.131. The monoisotopic (exact) mass is 496 g/mol. The van der Waals surface area contributed by atoms with Crippen molar-refractivity contribution in [2.24, 2.45) is 5.92 Å². The molecule has 7 heteroatoms. The Morgan fingerprint density at radius 3 is 2.14 bits per heavy atom. The molecule has 3 aromatic carbocycles. The van der Waals surface area contributed by atoms with Crippen molar-refractivity contribution in [1.29, 1.82) is 0 Å². The van der Waals surface area contributed by atoms with Crippen LogP contribution in [0.3, 0.4) is 0 Å². The van der Waals surface area contributed by atoms with Gasteiger partial charge in [-0.1, -0.05) is 66.7 Å². The molecule has 1 fully saturated rings. The summed E-state index contributed by atoms with van der Waals surface area (Å²) in [7, 11) is 0. The van der Waals surface area contributed by atoms with E-state index in [1.54, 1.807) is 75.4 Å². The Kier molecular flexibility index (Phi) is 5.94. The molecule has 0 N–H and O–H groups in total. The zero-order valence-corrected chi connectivity index (χ0v) is 21.0. The lowest BCUT2D eigenvalue weighted by Gasteiger charge is -2.33. The molecule has 0 radical (unpaired) electrons. The van der Waals surface area contributed by atoms with Gasteiger partial charge in [-0.2, -0.15) is 0 Å². The van der Waals surface area contributed by atoms with Gasteiger partial charge in [0.2, 0.25) is 17.7 Å². The fourth-order valence-corrected chi connectivity index (χ4v) is 5.37. The topological polar surface area (TPSA) is 84.0 Å². The molecule has 0 aliphatic carbocycles. The van der Waals surface area contributed by atoms with Crippen LogP contribution in [0.4, 0.5) is 16.2 Å². The average molecular weight is 497 g/mol. The molecule has 2 aliphatic heterocycles. The molecule has 37 heavy (non-hydrogen) atoms. The first-order valence-corrected chi connectivity index (χ1v) is 12.3. The van der Waals surface area contributed by atoms with Crippen molar-refractivity contribution in [3.8, 4) is 0 Å². The number of hydrogen-bond acceptors (Lipinski definition) is 5. The third kappa shape index (κ3) is 4.10. The molecular formula is C30H28N2O5. The van der Waals surface area contributed by atoms with Gasteiger partial charge in [-0.3, -0.25) is 19.3 Å². The number of carbonyl (C=O) groups excluding carboxylic acids is 4. The van der Waals surface area contributed by atoms with Crippen LogP contribution in [0.5, 0.6) is 0 Å². The highest BCUT2D eigenvalue weighted by atomic mass is 16.6. The Bertz CT molecular complexity index is 1380. The highest BCUT2D eigenvalue weighted by molar-refractivity contribution is 6.27. The SMILES string of the molecule is CC(C)(C)OC(=O)N1C(=O)[C@@](Cc2ccccc2)(C2CC(=O)N(c3ccccc3)C2=O)c2ccccc21. The standard InChI is InChI=1S/C30H28N2O5/c1-29(2,3)37-28(36)32-24-17-11-10-16-22(24)30(27(32)35,19-20-12-6-4-7-13-20)23-18-25(33)31(26(23)34)21-14-8-5-9-15-21/h4-17,23H,18-19H2,1-3H3/t23?,30-/m1/s1. The molecule has 1 saturated heterocycles. The predicted molar refractivity (Wildman–Crippen MR) is 139 cm³/mol. The van der Waals surface area contributed by atoms with E-state index in [1.165, 1.54) is 0 Å². The molecule has 1 unspecified atom stereocenters. The van der Waals surface area contributed by atoms with Crippen LogP contribution in [-0.4, -0.2) is 29.4 Å². The highest BCUT2D eigenvalue weighted by Gasteiger charge is 2.63. The van der Waals surface area contributed by atoms with Crippen LogP contribution >= 0.6 is 0 Å². The quantitative estimate of drug-likeness (QED) is 0.473. The number of amides is 4. The maximum absolute atomic E-state index is 14.4. The van der Waals surface area contributed by atoms with E-state index in [4.69, 9.17) is 4.74 Å². The fourth-order valence-electron chi connectivity index (χ4n) is 5.37. The van der Waals surface area contributed by atoms with Gasteiger partial charge in [0.15, 0.2) is 0 Å². The van der Waals surface area contributed by atoms with E-state index >= 15 is 0 Å². The third-order valence-corrected chi connectivity index (χ3v) is 6.87. The Hall–Kier alpha value is -4.26. The summed E-state index contributed by atoms with van der Waals surface area (Å²) in [6, 6.07) is 25.0. The van der Waals surface area contributed by atoms with E-state index in [0.29, 0.717) is 16.9 Å². The maximum atomic E-state index is 14.4. The van der Waals surface area contributed by atoms with Crippen molar-refractivity contribution in [1.82, 2.24) is 0 Å². The Morgan fingerprint density at radius 2 is 1.49 bits per heavy atom. The minimum atomic E-state index is -1.47. The Morgan fingerprint density at radius 1 is 0.892 bits per heavy atom. The lowest BCUT2D eigenvalue weighted by atomic mass is 9.66. The first-order chi connectivity index (χ1) is 17.6. The van der Waals surface area contributed by atoms with E-state index in [9.17, 15) is 19.2 Å². The first-order valence-electron chi connectivity index (χ1n) is 12.3. The number of ether oxygens (including phenoxy) is 1. The second kappa shape index (κ2) is 9.00. The summed E-state index contributed by atoms with van der Waals surface area (Å²) in [5.41, 5.74) is -0.120. The van der Waals surface area contributed by atoms with E-state index < -0.39 is 34.8 Å². The molecule has 0 spiro atoms. The predicted octanol–water partition coefficient (Wildman–Crippen LogP) is 5.03. The molecule has 7 nitrogen and oxygen atoms in total. The molecule has 2 atom stereocenters. The van der Waals surface area contributed by atoms with E-state index in [-0.39, 0.29) is 18.7 Å². The van der Waals surface area contributed by atoms with Gasteiger partial charge < -0.3 is 4.74 Å². The number of benzene rings is 3. The molecule has 0 saturated carbocycles. The zero-order chi connectivity index (χ0) is 26.4. The summed E-state index contributed by atoms with van der Waals surface area (Å²) < 4.78 is 5.60. The Balaban J connectivity index is 1.68. The number of rotatable bonds is 4. The molecule has 188 valence electrons. The molecule has 3 aromatic rings. The minimum Gasteiger partial charge on any atom is -0.443 e. The summed E-state index contributed by atoms with van der Waals surface area (Å²) in [4.78, 5) is 57.2. The lowest BCUT2D eigenvalue weighted by Crippen LogP contribution is -2.52. The summed E-state index contributed by atoms with van der Waals surface area (Å²) in [5.74, 6) is -2.40. The van der Waals surface area contributed by atoms with Crippen LogP contribution in [0.1, 0.15) is 38.3 Å². The number of imide groups is 2. The number of para-hydroxylation sites is 2. The van der Waals surface area contributed by atoms with Crippen LogP contribution < -0.4 is 9.80 Å². The van der Waals surface area contributed by atoms with Crippen LogP contribution in [0.2, 0.25) is 0 Å². The smallest absolute Gasteiger partial charge is 0.421 e. The summed E-state index contributed by atoms with van der Waals surface area (Å²) in [5, 5.41) is 0. The van der Waals surface area contributed by atoms with Crippen molar-refractivity contribution in [3.05, 3.63) is 96.1 Å². The number of fused-ring (bicyclic) bond motifs is 1. The maximum Gasteiger partial charge on any atom is 0.421 e. The minimum absolute atomic E-state index is 0.148.